The van der Waals surface area contributed by atoms with Gasteiger partial charge in [-0.25, -0.2) is 0 Å². The number of nitrogens with zero attached hydrogens (tertiary/aromatic N) is 1. The van der Waals surface area contributed by atoms with Crippen LogP contribution < -0.4 is 12.4 Å². The van der Waals surface area contributed by atoms with Crippen molar-refractivity contribution in [1.29, 1.82) is 0 Å². The fourth-order valence-electron chi connectivity index (χ4n) is 8.55. The second-order valence-corrected chi connectivity index (χ2v) is 20.2. The zero-order valence-electron chi connectivity index (χ0n) is 47.1. The number of aliphatic hydroxyl groups is 2. The molecule has 426 valence electrons. The highest BCUT2D eigenvalue weighted by molar-refractivity contribution is 4.82. The van der Waals surface area contributed by atoms with Gasteiger partial charge in [0.15, 0.2) is 6.29 Å². The third kappa shape index (κ3) is 60.1. The van der Waals surface area contributed by atoms with Crippen molar-refractivity contribution < 1.29 is 65.0 Å². The Labute approximate surface area is 445 Å². The highest BCUT2D eigenvalue weighted by atomic mass is 35.5. The molecular weight excluding hydrogens is 918 g/mol. The first kappa shape index (κ1) is 72.4. The number of quaternary nitrogens is 1. The minimum Gasteiger partial charge on any atom is -1.00 e. The van der Waals surface area contributed by atoms with Crippen molar-refractivity contribution >= 4 is 0 Å². The summed E-state index contributed by atoms with van der Waals surface area (Å²) in [5.41, 5.74) is 0. The van der Waals surface area contributed by atoms with Crippen LogP contribution in [0.2, 0.25) is 0 Å². The van der Waals surface area contributed by atoms with Crippen LogP contribution in [-0.2, 0) is 37.9 Å². The molecule has 0 spiro atoms. The molecule has 0 aliphatic rings. The topological polar surface area (TPSA) is 114 Å². The fraction of sp³-hybridized carbons (Fsp3) is 0.932. The molecule has 0 saturated heterocycles. The number of allylic oxidation sites excluding steroid dienone is 4. The van der Waals surface area contributed by atoms with E-state index in [1.54, 1.807) is 0 Å². The summed E-state index contributed by atoms with van der Waals surface area (Å²) in [6.07, 6.45) is 50.3. The van der Waals surface area contributed by atoms with Crippen molar-refractivity contribution in [3.05, 3.63) is 24.3 Å². The van der Waals surface area contributed by atoms with Crippen LogP contribution in [0, 0.1) is 0 Å². The summed E-state index contributed by atoms with van der Waals surface area (Å²) in [7, 11) is 4.68. The molecule has 0 saturated carbocycles. The molecule has 0 fully saturated rings. The number of unbranched alkanes of at least 4 members (excludes halogenated alkanes) is 26. The molecule has 0 aromatic rings. The van der Waals surface area contributed by atoms with Gasteiger partial charge in [0.1, 0.15) is 12.6 Å². The molecule has 0 aromatic heterocycles. The van der Waals surface area contributed by atoms with Gasteiger partial charge in [-0.05, 0) is 89.9 Å². The van der Waals surface area contributed by atoms with Crippen molar-refractivity contribution in [1.82, 2.24) is 0 Å². The maximum atomic E-state index is 8.87. The van der Waals surface area contributed by atoms with Gasteiger partial charge in [0.2, 0.25) is 0 Å². The summed E-state index contributed by atoms with van der Waals surface area (Å²) in [5.74, 6) is 0. The van der Waals surface area contributed by atoms with Crippen LogP contribution in [0.1, 0.15) is 219 Å². The van der Waals surface area contributed by atoms with Gasteiger partial charge < -0.3 is 65.0 Å². The second-order valence-electron chi connectivity index (χ2n) is 20.2. The molecule has 0 aliphatic heterocycles. The Hall–Kier alpha value is -0.670. The Kier molecular flexibility index (Phi) is 63.1. The van der Waals surface area contributed by atoms with E-state index in [1.165, 1.54) is 167 Å². The van der Waals surface area contributed by atoms with Crippen LogP contribution >= 0.6 is 0 Å². The summed E-state index contributed by atoms with van der Waals surface area (Å²) < 4.78 is 47.8. The van der Waals surface area contributed by atoms with E-state index in [9.17, 15) is 0 Å². The van der Waals surface area contributed by atoms with E-state index in [0.29, 0.717) is 72.7 Å². The highest BCUT2D eigenvalue weighted by Gasteiger charge is 2.23. The second kappa shape index (κ2) is 61.9. The summed E-state index contributed by atoms with van der Waals surface area (Å²) >= 11 is 0. The number of rotatable bonds is 61. The van der Waals surface area contributed by atoms with Crippen LogP contribution in [0.15, 0.2) is 24.3 Å². The number of aliphatic hydroxyl groups excluding tert-OH is 2. The zero-order valence-corrected chi connectivity index (χ0v) is 47.9. The molecule has 0 radical (unpaired) electrons. The molecule has 0 amide bonds. The van der Waals surface area contributed by atoms with Gasteiger partial charge in [0.25, 0.3) is 0 Å². The van der Waals surface area contributed by atoms with Crippen molar-refractivity contribution in [2.75, 3.05) is 126 Å². The van der Waals surface area contributed by atoms with Gasteiger partial charge in [-0.15, -0.1) is 0 Å². The standard InChI is InChI=1S/C59H118NO10.ClH/c1-5-7-9-11-13-15-17-19-21-23-25-27-29-31-33-38-44-67-57-58(68-45-39-34-32-30-28-26-24-22-20-18-16-14-12-10-8-6-2)56-60(3,4)41-37-35-36-40-59(69-54-52-65-50-48-63-46-42-61)70-55-53-66-51-49-64-47-43-62;/h19-22,58-59,61-62H,5-18,23-57H2,1-4H3;1H/q+1;/p-1/b21-19-,22-20-;. The van der Waals surface area contributed by atoms with Gasteiger partial charge >= 0.3 is 0 Å². The number of hydrogen-bond donors (Lipinski definition) is 2. The average molecular weight is 1040 g/mol. The maximum absolute atomic E-state index is 8.87. The van der Waals surface area contributed by atoms with E-state index in [2.05, 4.69) is 52.2 Å². The quantitative estimate of drug-likeness (QED) is 0.0264. The number of halogens is 1. The Morgan fingerprint density at radius 2 is 0.732 bits per heavy atom. The lowest BCUT2D eigenvalue weighted by molar-refractivity contribution is -0.893. The largest absolute Gasteiger partial charge is 1.00 e. The average Bonchev–Trinajstić information content (AvgIpc) is 3.35. The molecule has 12 heteroatoms. The Morgan fingerprint density at radius 1 is 0.366 bits per heavy atom. The lowest BCUT2D eigenvalue weighted by Gasteiger charge is -2.33. The third-order valence-electron chi connectivity index (χ3n) is 12.8. The Balaban J connectivity index is 0. The summed E-state index contributed by atoms with van der Waals surface area (Å²) in [5, 5.41) is 17.7. The van der Waals surface area contributed by atoms with Crippen LogP contribution in [0.3, 0.4) is 0 Å². The van der Waals surface area contributed by atoms with E-state index in [0.717, 1.165) is 69.3 Å². The van der Waals surface area contributed by atoms with Crippen molar-refractivity contribution in [3.8, 4) is 0 Å². The highest BCUT2D eigenvalue weighted by Crippen LogP contribution is 2.15. The van der Waals surface area contributed by atoms with E-state index < -0.39 is 0 Å². The first-order valence-corrected chi connectivity index (χ1v) is 29.6. The van der Waals surface area contributed by atoms with Gasteiger partial charge in [-0.2, -0.15) is 0 Å². The number of hydrogen-bond acceptors (Lipinski definition) is 10. The SMILES string of the molecule is CCCCCCCC/C=C\CCCCCCCCOCC(C[N+](C)(C)CCCCCC(OCCOCCOCCO)OCCOCCOCCO)OCCCCCCCC/C=C\CCCCCCCC.[Cl-]. The Morgan fingerprint density at radius 3 is 1.17 bits per heavy atom. The predicted octanol–water partition coefficient (Wildman–Crippen LogP) is 10.5. The molecule has 0 bridgehead atoms. The number of likely N-dealkylation sites (N-methyl/N-ethyl adjacent to an activating group) is 1. The lowest BCUT2D eigenvalue weighted by Crippen LogP contribution is -3.00. The molecule has 0 rings (SSSR count). The minimum atomic E-state index is -0.325. The Bertz CT molecular complexity index is 1020. The first-order valence-electron chi connectivity index (χ1n) is 29.6. The zero-order chi connectivity index (χ0) is 50.8. The monoisotopic (exact) mass is 1040 g/mol. The first-order chi connectivity index (χ1) is 34.5. The summed E-state index contributed by atoms with van der Waals surface area (Å²) in [6.45, 7) is 13.2. The van der Waals surface area contributed by atoms with Crippen molar-refractivity contribution in [3.63, 3.8) is 0 Å². The fourth-order valence-corrected chi connectivity index (χ4v) is 8.55. The van der Waals surface area contributed by atoms with E-state index in [-0.39, 0.29) is 38.0 Å². The lowest BCUT2D eigenvalue weighted by atomic mass is 10.1. The molecule has 0 heterocycles. The van der Waals surface area contributed by atoms with Crippen LogP contribution in [0.4, 0.5) is 0 Å². The van der Waals surface area contributed by atoms with Gasteiger partial charge in [-0.3, -0.25) is 0 Å². The van der Waals surface area contributed by atoms with Crippen LogP contribution in [0.5, 0.6) is 0 Å². The molecule has 11 nitrogen and oxygen atoms in total. The molecule has 2 N–H and O–H groups in total. The molecular formula is C59H118ClNO10. The smallest absolute Gasteiger partial charge is 0.157 e. The molecule has 1 atom stereocenters. The van der Waals surface area contributed by atoms with E-state index >= 15 is 0 Å². The molecule has 0 aromatic carbocycles. The third-order valence-corrected chi connectivity index (χ3v) is 12.8. The van der Waals surface area contributed by atoms with E-state index in [4.69, 9.17) is 48.1 Å². The van der Waals surface area contributed by atoms with Crippen molar-refractivity contribution in [2.45, 2.75) is 232 Å². The van der Waals surface area contributed by atoms with Crippen LogP contribution in [-0.4, -0.2) is 153 Å². The number of ether oxygens (including phenoxy) is 8. The summed E-state index contributed by atoms with van der Waals surface area (Å²) in [6, 6.07) is 0. The summed E-state index contributed by atoms with van der Waals surface area (Å²) in [4.78, 5) is 0. The van der Waals surface area contributed by atoms with Gasteiger partial charge in [0.05, 0.1) is 107 Å². The minimum absolute atomic E-state index is 0. The predicted molar refractivity (Wildman–Crippen MR) is 293 cm³/mol. The molecule has 71 heavy (non-hydrogen) atoms. The molecule has 0 aliphatic carbocycles. The normalized spacial score (nSPS) is 12.6. The van der Waals surface area contributed by atoms with E-state index in [1.807, 2.05) is 0 Å². The van der Waals surface area contributed by atoms with Gasteiger partial charge in [0, 0.05) is 13.2 Å². The van der Waals surface area contributed by atoms with Crippen molar-refractivity contribution in [2.24, 2.45) is 0 Å². The molecule has 1 unspecified atom stereocenters. The maximum Gasteiger partial charge on any atom is 0.157 e. The van der Waals surface area contributed by atoms with Gasteiger partial charge in [-0.1, -0.05) is 154 Å². The van der Waals surface area contributed by atoms with Crippen LogP contribution in [0.25, 0.3) is 0 Å².